The van der Waals surface area contributed by atoms with E-state index in [1.165, 1.54) is 24.0 Å². The molecule has 0 radical (unpaired) electrons. The van der Waals surface area contributed by atoms with Gasteiger partial charge in [-0.05, 0) is 61.1 Å². The number of nitrogens with zero attached hydrogens (tertiary/aromatic N) is 2. The zero-order valence-corrected chi connectivity index (χ0v) is 18.4. The van der Waals surface area contributed by atoms with Crippen LogP contribution in [0, 0.1) is 12.7 Å². The first-order valence-corrected chi connectivity index (χ1v) is 10.7. The predicted octanol–water partition coefficient (Wildman–Crippen LogP) is 3.18. The average Bonchev–Trinajstić information content (AvgIpc) is 2.77. The van der Waals surface area contributed by atoms with Gasteiger partial charge in [0.1, 0.15) is 5.82 Å². The fraction of sp³-hybridized carbons (Fsp3) is 0.375. The molecule has 0 spiro atoms. The molecule has 0 aliphatic carbocycles. The number of carbonyl (C=O) groups excluding carboxylic acids is 3. The van der Waals surface area contributed by atoms with Crippen LogP contribution in [-0.2, 0) is 4.79 Å². The Morgan fingerprint density at radius 3 is 2.38 bits per heavy atom. The number of hydrogen-bond donors (Lipinski definition) is 2. The number of halogens is 1. The Labute approximate surface area is 187 Å². The number of likely N-dealkylation sites (tertiary alicyclic amines) is 1. The predicted molar refractivity (Wildman–Crippen MR) is 121 cm³/mol. The highest BCUT2D eigenvalue weighted by atomic mass is 19.1. The standard InChI is InChI=1S/C24H29FN4O3/c1-16-3-4-20(15-22(16)29(24(26)32)14-11-27-17(2)30)23(31)28-12-9-19(10-13-28)18-5-7-21(25)8-6-18/h3-8,15,19H,9-14H2,1-2H3,(H2,26,32)(H,27,30). The van der Waals surface area contributed by atoms with Crippen molar-refractivity contribution in [3.05, 3.63) is 65.0 Å². The molecule has 3 rings (SSSR count). The Hall–Kier alpha value is -3.42. The van der Waals surface area contributed by atoms with Gasteiger partial charge in [-0.2, -0.15) is 0 Å². The Morgan fingerprint density at radius 1 is 1.12 bits per heavy atom. The molecular formula is C24H29FN4O3. The third kappa shape index (κ3) is 5.63. The van der Waals surface area contributed by atoms with Gasteiger partial charge in [0, 0.05) is 44.4 Å². The van der Waals surface area contributed by atoms with Crippen LogP contribution >= 0.6 is 0 Å². The van der Waals surface area contributed by atoms with Gasteiger partial charge in [0.2, 0.25) is 5.91 Å². The van der Waals surface area contributed by atoms with Crippen molar-refractivity contribution in [1.82, 2.24) is 10.2 Å². The van der Waals surface area contributed by atoms with E-state index in [1.54, 1.807) is 23.1 Å². The smallest absolute Gasteiger partial charge is 0.319 e. The number of aryl methyl sites for hydroxylation is 1. The monoisotopic (exact) mass is 440 g/mol. The van der Waals surface area contributed by atoms with E-state index in [2.05, 4.69) is 5.32 Å². The molecule has 3 N–H and O–H groups in total. The fourth-order valence-electron chi connectivity index (χ4n) is 4.06. The first kappa shape index (κ1) is 23.2. The lowest BCUT2D eigenvalue weighted by atomic mass is 9.89. The van der Waals surface area contributed by atoms with Crippen molar-refractivity contribution in [1.29, 1.82) is 0 Å². The van der Waals surface area contributed by atoms with Crippen LogP contribution < -0.4 is 16.0 Å². The van der Waals surface area contributed by atoms with E-state index >= 15 is 0 Å². The number of nitrogens with one attached hydrogen (secondary N) is 1. The van der Waals surface area contributed by atoms with Crippen LogP contribution in [0.5, 0.6) is 0 Å². The summed E-state index contributed by atoms with van der Waals surface area (Å²) in [6.45, 7) is 4.91. The Morgan fingerprint density at radius 2 is 1.78 bits per heavy atom. The summed E-state index contributed by atoms with van der Waals surface area (Å²) < 4.78 is 13.2. The minimum absolute atomic E-state index is 0.102. The topological polar surface area (TPSA) is 95.7 Å². The van der Waals surface area contributed by atoms with Crippen LogP contribution in [0.4, 0.5) is 14.9 Å². The second kappa shape index (κ2) is 10.3. The molecule has 4 amide bonds. The van der Waals surface area contributed by atoms with Gasteiger partial charge < -0.3 is 16.0 Å². The summed E-state index contributed by atoms with van der Waals surface area (Å²) in [7, 11) is 0. The van der Waals surface area contributed by atoms with Crippen LogP contribution in [0.1, 0.15) is 47.2 Å². The maximum Gasteiger partial charge on any atom is 0.319 e. The number of amides is 4. The zero-order chi connectivity index (χ0) is 23.3. The lowest BCUT2D eigenvalue weighted by Gasteiger charge is -2.32. The molecule has 1 saturated heterocycles. The zero-order valence-electron chi connectivity index (χ0n) is 18.4. The molecule has 0 atom stereocenters. The maximum atomic E-state index is 13.2. The highest BCUT2D eigenvalue weighted by Crippen LogP contribution is 2.29. The highest BCUT2D eigenvalue weighted by Gasteiger charge is 2.25. The lowest BCUT2D eigenvalue weighted by Crippen LogP contribution is -2.42. The van der Waals surface area contributed by atoms with Crippen molar-refractivity contribution >= 4 is 23.5 Å². The number of rotatable bonds is 6. The Balaban J connectivity index is 1.70. The van der Waals surface area contributed by atoms with Crippen LogP contribution in [-0.4, -0.2) is 48.9 Å². The molecule has 1 aliphatic heterocycles. The summed E-state index contributed by atoms with van der Waals surface area (Å²) in [5, 5.41) is 2.65. The summed E-state index contributed by atoms with van der Waals surface area (Å²) in [5.41, 5.74) is 8.49. The number of benzene rings is 2. The van der Waals surface area contributed by atoms with Gasteiger partial charge in [0.15, 0.2) is 0 Å². The van der Waals surface area contributed by atoms with Crippen molar-refractivity contribution in [2.75, 3.05) is 31.1 Å². The van der Waals surface area contributed by atoms with E-state index in [-0.39, 0.29) is 30.7 Å². The number of nitrogens with two attached hydrogens (primary N) is 1. The van der Waals surface area contributed by atoms with Gasteiger partial charge in [-0.3, -0.25) is 14.5 Å². The second-order valence-electron chi connectivity index (χ2n) is 8.09. The van der Waals surface area contributed by atoms with Gasteiger partial charge >= 0.3 is 6.03 Å². The Kier molecular flexibility index (Phi) is 7.45. The van der Waals surface area contributed by atoms with Gasteiger partial charge in [-0.15, -0.1) is 0 Å². The molecule has 2 aromatic carbocycles. The van der Waals surface area contributed by atoms with E-state index < -0.39 is 6.03 Å². The fourth-order valence-corrected chi connectivity index (χ4v) is 4.06. The van der Waals surface area contributed by atoms with Crippen molar-refractivity contribution in [3.8, 4) is 0 Å². The molecule has 0 saturated carbocycles. The number of carbonyl (C=O) groups is 3. The third-order valence-corrected chi connectivity index (χ3v) is 5.85. The summed E-state index contributed by atoms with van der Waals surface area (Å²) in [4.78, 5) is 39.5. The van der Waals surface area contributed by atoms with Crippen LogP contribution in [0.2, 0.25) is 0 Å². The molecule has 0 unspecified atom stereocenters. The number of primary amides is 1. The van der Waals surface area contributed by atoms with Gasteiger partial charge in [0.05, 0.1) is 0 Å². The molecule has 1 heterocycles. The SMILES string of the molecule is CC(=O)NCCN(C(N)=O)c1cc(C(=O)N2CCC(c3ccc(F)cc3)CC2)ccc1C. The molecular weight excluding hydrogens is 411 g/mol. The van der Waals surface area contributed by atoms with Crippen molar-refractivity contribution in [3.63, 3.8) is 0 Å². The highest BCUT2D eigenvalue weighted by molar-refractivity contribution is 5.98. The van der Waals surface area contributed by atoms with E-state index in [0.717, 1.165) is 24.0 Å². The van der Waals surface area contributed by atoms with Gasteiger partial charge in [-0.1, -0.05) is 18.2 Å². The number of urea groups is 1. The molecule has 0 aromatic heterocycles. The number of anilines is 1. The minimum atomic E-state index is -0.650. The number of hydrogen-bond acceptors (Lipinski definition) is 3. The molecule has 170 valence electrons. The summed E-state index contributed by atoms with van der Waals surface area (Å²) in [6.07, 6.45) is 1.61. The maximum absolute atomic E-state index is 13.2. The van der Waals surface area contributed by atoms with E-state index in [1.807, 2.05) is 19.1 Å². The lowest BCUT2D eigenvalue weighted by molar-refractivity contribution is -0.118. The molecule has 1 aliphatic rings. The van der Waals surface area contributed by atoms with Crippen molar-refractivity contribution in [2.45, 2.75) is 32.6 Å². The summed E-state index contributed by atoms with van der Waals surface area (Å²) >= 11 is 0. The largest absolute Gasteiger partial charge is 0.355 e. The van der Waals surface area contributed by atoms with Crippen LogP contribution in [0.3, 0.4) is 0 Å². The molecule has 1 fully saturated rings. The molecule has 32 heavy (non-hydrogen) atoms. The summed E-state index contributed by atoms with van der Waals surface area (Å²) in [6, 6.07) is 11.1. The summed E-state index contributed by atoms with van der Waals surface area (Å²) in [5.74, 6) is -0.250. The van der Waals surface area contributed by atoms with Gasteiger partial charge in [-0.25, -0.2) is 9.18 Å². The minimum Gasteiger partial charge on any atom is -0.355 e. The Bertz CT molecular complexity index is 985. The molecule has 8 heteroatoms. The average molecular weight is 441 g/mol. The van der Waals surface area contributed by atoms with E-state index in [4.69, 9.17) is 5.73 Å². The van der Waals surface area contributed by atoms with E-state index in [0.29, 0.717) is 30.3 Å². The van der Waals surface area contributed by atoms with Crippen LogP contribution in [0.15, 0.2) is 42.5 Å². The molecule has 2 aromatic rings. The first-order valence-electron chi connectivity index (χ1n) is 10.7. The third-order valence-electron chi connectivity index (χ3n) is 5.85. The van der Waals surface area contributed by atoms with Gasteiger partial charge in [0.25, 0.3) is 5.91 Å². The normalized spacial score (nSPS) is 14.2. The number of piperidine rings is 1. The van der Waals surface area contributed by atoms with E-state index in [9.17, 15) is 18.8 Å². The van der Waals surface area contributed by atoms with Crippen molar-refractivity contribution in [2.24, 2.45) is 5.73 Å². The second-order valence-corrected chi connectivity index (χ2v) is 8.09. The first-order chi connectivity index (χ1) is 15.3. The quantitative estimate of drug-likeness (QED) is 0.722. The van der Waals surface area contributed by atoms with Crippen LogP contribution in [0.25, 0.3) is 0 Å². The van der Waals surface area contributed by atoms with Crippen molar-refractivity contribution < 1.29 is 18.8 Å². The molecule has 0 bridgehead atoms. The molecule has 7 nitrogen and oxygen atoms in total.